The highest BCUT2D eigenvalue weighted by molar-refractivity contribution is 6.34. The average Bonchev–Trinajstić information content (AvgIpc) is 3.21. The van der Waals surface area contributed by atoms with Gasteiger partial charge >= 0.3 is 5.97 Å². The summed E-state index contributed by atoms with van der Waals surface area (Å²) in [5.74, 6) is -1.31. The number of aryl methyl sites for hydroxylation is 1. The van der Waals surface area contributed by atoms with Crippen molar-refractivity contribution in [1.82, 2.24) is 10.2 Å². The highest BCUT2D eigenvalue weighted by atomic mass is 35.5. The van der Waals surface area contributed by atoms with Gasteiger partial charge in [-0.25, -0.2) is 4.79 Å². The van der Waals surface area contributed by atoms with Crippen molar-refractivity contribution in [2.75, 3.05) is 11.9 Å². The number of hydrogen-bond donors (Lipinski definition) is 2. The molecule has 1 aliphatic heterocycles. The fourth-order valence-corrected chi connectivity index (χ4v) is 6.23. The predicted octanol–water partition coefficient (Wildman–Crippen LogP) is 6.62. The quantitative estimate of drug-likeness (QED) is 0.226. The smallest absolute Gasteiger partial charge is 0.326 e. The summed E-state index contributed by atoms with van der Waals surface area (Å²) >= 11 is 6.23. The lowest BCUT2D eigenvalue weighted by Crippen LogP contribution is -2.42. The minimum absolute atomic E-state index is 0.0351. The molecule has 0 radical (unpaired) electrons. The first-order valence-electron chi connectivity index (χ1n) is 14.5. The van der Waals surface area contributed by atoms with Gasteiger partial charge in [-0.05, 0) is 78.0 Å². The number of hydrogen-bond acceptors (Lipinski definition) is 4. The van der Waals surface area contributed by atoms with Crippen LogP contribution >= 0.6 is 11.6 Å². The van der Waals surface area contributed by atoms with E-state index in [9.17, 15) is 19.5 Å². The molecular weight excluding hydrogens is 562 g/mol. The largest absolute Gasteiger partial charge is 0.480 e. The van der Waals surface area contributed by atoms with E-state index in [1.807, 2.05) is 48.3 Å². The molecule has 2 amide bonds. The fourth-order valence-electron chi connectivity index (χ4n) is 5.92. The number of amides is 2. The van der Waals surface area contributed by atoms with Crippen LogP contribution in [0.5, 0.6) is 0 Å². The number of carboxylic acids is 1. The molecule has 8 heteroatoms. The van der Waals surface area contributed by atoms with Gasteiger partial charge in [-0.1, -0.05) is 86.1 Å². The van der Waals surface area contributed by atoms with Gasteiger partial charge in [0.15, 0.2) is 0 Å². The van der Waals surface area contributed by atoms with Crippen LogP contribution < -0.4 is 10.2 Å². The Balaban J connectivity index is 1.41. The Bertz CT molecular complexity index is 1650. The third-order valence-corrected chi connectivity index (χ3v) is 8.43. The highest BCUT2D eigenvalue weighted by Gasteiger charge is 2.45. The molecule has 4 aromatic rings. The summed E-state index contributed by atoms with van der Waals surface area (Å²) in [6.07, 6.45) is 0.512. The molecule has 0 aromatic heterocycles. The number of carbonyl (C=O) groups is 3. The molecule has 0 bridgehead atoms. The second-order valence-electron chi connectivity index (χ2n) is 11.7. The first-order chi connectivity index (χ1) is 20.5. The zero-order chi connectivity index (χ0) is 30.8. The van der Waals surface area contributed by atoms with Crippen LogP contribution in [0.3, 0.4) is 0 Å². The van der Waals surface area contributed by atoms with Crippen molar-refractivity contribution in [3.05, 3.63) is 112 Å². The van der Waals surface area contributed by atoms with Gasteiger partial charge in [-0.2, -0.15) is 0 Å². The van der Waals surface area contributed by atoms with E-state index in [1.165, 1.54) is 0 Å². The van der Waals surface area contributed by atoms with Gasteiger partial charge in [0.05, 0.1) is 16.6 Å². The molecule has 1 aliphatic rings. The van der Waals surface area contributed by atoms with E-state index in [1.54, 1.807) is 25.1 Å². The molecule has 222 valence electrons. The Morgan fingerprint density at radius 1 is 0.953 bits per heavy atom. The summed E-state index contributed by atoms with van der Waals surface area (Å²) in [6.45, 7) is 5.99. The van der Waals surface area contributed by atoms with E-state index >= 15 is 0 Å². The van der Waals surface area contributed by atoms with Crippen LogP contribution in [0.4, 0.5) is 5.69 Å². The average molecular weight is 598 g/mol. The zero-order valence-corrected chi connectivity index (χ0v) is 25.5. The number of aliphatic carboxylic acids is 1. The van der Waals surface area contributed by atoms with Gasteiger partial charge < -0.3 is 10.4 Å². The van der Waals surface area contributed by atoms with Crippen molar-refractivity contribution in [2.24, 2.45) is 5.92 Å². The van der Waals surface area contributed by atoms with Gasteiger partial charge in [-0.3, -0.25) is 19.4 Å². The molecule has 1 saturated heterocycles. The molecular formula is C35H36ClN3O4. The molecule has 2 N–H and O–H groups in total. The molecule has 3 atom stereocenters. The Morgan fingerprint density at radius 3 is 2.30 bits per heavy atom. The van der Waals surface area contributed by atoms with Gasteiger partial charge in [0.2, 0.25) is 5.91 Å². The molecule has 1 heterocycles. The second kappa shape index (κ2) is 12.6. The third-order valence-electron chi connectivity index (χ3n) is 8.12. The lowest BCUT2D eigenvalue weighted by molar-refractivity contribution is -0.139. The number of nitrogens with zero attached hydrogens (tertiary/aromatic N) is 2. The summed E-state index contributed by atoms with van der Waals surface area (Å²) in [7, 11) is 2.00. The number of rotatable bonds is 9. The first kappa shape index (κ1) is 30.3. The minimum atomic E-state index is -1.16. The van der Waals surface area contributed by atoms with Gasteiger partial charge in [0.25, 0.3) is 5.91 Å². The Hall–Kier alpha value is -4.20. The van der Waals surface area contributed by atoms with Crippen molar-refractivity contribution >= 4 is 45.8 Å². The van der Waals surface area contributed by atoms with Crippen molar-refractivity contribution in [1.29, 1.82) is 0 Å². The van der Waals surface area contributed by atoms with Crippen molar-refractivity contribution < 1.29 is 19.5 Å². The number of anilines is 1. The number of nitrogens with one attached hydrogen (secondary N) is 1. The highest BCUT2D eigenvalue weighted by Crippen LogP contribution is 2.40. The lowest BCUT2D eigenvalue weighted by Gasteiger charge is -2.29. The van der Waals surface area contributed by atoms with E-state index in [2.05, 4.69) is 54.4 Å². The fraction of sp³-hybridized carbons (Fsp3) is 0.286. The molecule has 4 aromatic carbocycles. The van der Waals surface area contributed by atoms with Crippen LogP contribution in [0.25, 0.3) is 10.8 Å². The summed E-state index contributed by atoms with van der Waals surface area (Å²) in [5.41, 5.74) is 3.39. The number of halogens is 1. The van der Waals surface area contributed by atoms with Crippen LogP contribution in [-0.2, 0) is 16.0 Å². The van der Waals surface area contributed by atoms with E-state index in [4.69, 9.17) is 11.6 Å². The predicted molar refractivity (Wildman–Crippen MR) is 170 cm³/mol. The maximum absolute atomic E-state index is 13.9. The number of benzene rings is 4. The molecule has 0 spiro atoms. The number of carbonyl (C=O) groups excluding carboxylic acids is 2. The Morgan fingerprint density at radius 2 is 1.65 bits per heavy atom. The summed E-state index contributed by atoms with van der Waals surface area (Å²) in [4.78, 5) is 42.9. The summed E-state index contributed by atoms with van der Waals surface area (Å²) in [6, 6.07) is 25.5. The Labute approximate surface area is 257 Å². The topological polar surface area (TPSA) is 90.0 Å². The van der Waals surface area contributed by atoms with Crippen LogP contribution in [0.1, 0.15) is 53.5 Å². The van der Waals surface area contributed by atoms with E-state index in [-0.39, 0.29) is 35.1 Å². The molecule has 0 aliphatic carbocycles. The van der Waals surface area contributed by atoms with Crippen LogP contribution in [-0.4, -0.2) is 46.9 Å². The molecule has 7 nitrogen and oxygen atoms in total. The standard InChI is InChI=1S/C35H36ClN3O4/c1-21(2)18-30-34(41)39(33(38(30)4)26-15-14-24-9-5-6-10-25(24)20-26)27-16-12-23(13-17-27)19-29(35(42)43)37-32(40)31-22(3)8-7-11-28(31)36/h5-17,20-21,29-30,33H,18-19H2,1-4H3,(H,37,40)(H,42,43). The number of likely N-dealkylation sites (N-methyl/N-ethyl adjacent to an activating group) is 1. The van der Waals surface area contributed by atoms with Gasteiger partial charge in [0.1, 0.15) is 12.2 Å². The van der Waals surface area contributed by atoms with Crippen LogP contribution in [0.2, 0.25) is 5.02 Å². The summed E-state index contributed by atoms with van der Waals surface area (Å²) < 4.78 is 0. The van der Waals surface area contributed by atoms with Crippen LogP contribution in [0.15, 0.2) is 84.9 Å². The zero-order valence-electron chi connectivity index (χ0n) is 24.8. The molecule has 1 fully saturated rings. The molecule has 3 unspecified atom stereocenters. The van der Waals surface area contributed by atoms with E-state index in [0.29, 0.717) is 17.0 Å². The lowest BCUT2D eigenvalue weighted by atomic mass is 10.0. The van der Waals surface area contributed by atoms with E-state index < -0.39 is 17.9 Å². The van der Waals surface area contributed by atoms with Crippen molar-refractivity contribution in [2.45, 2.75) is 51.9 Å². The first-order valence-corrected chi connectivity index (χ1v) is 14.8. The third kappa shape index (κ3) is 6.28. The normalized spacial score (nSPS) is 17.9. The van der Waals surface area contributed by atoms with E-state index in [0.717, 1.165) is 28.4 Å². The summed E-state index contributed by atoms with van der Waals surface area (Å²) in [5, 5.41) is 15.0. The second-order valence-corrected chi connectivity index (χ2v) is 12.1. The molecule has 0 saturated carbocycles. The maximum atomic E-state index is 13.9. The van der Waals surface area contributed by atoms with Gasteiger partial charge in [0, 0.05) is 12.1 Å². The number of carboxylic acid groups (broad SMARTS) is 1. The minimum Gasteiger partial charge on any atom is -0.480 e. The molecule has 43 heavy (non-hydrogen) atoms. The monoisotopic (exact) mass is 597 g/mol. The maximum Gasteiger partial charge on any atom is 0.326 e. The van der Waals surface area contributed by atoms with Crippen LogP contribution in [0, 0.1) is 12.8 Å². The molecule has 5 rings (SSSR count). The van der Waals surface area contributed by atoms with Gasteiger partial charge in [-0.15, -0.1) is 0 Å². The SMILES string of the molecule is Cc1cccc(Cl)c1C(=O)NC(Cc1ccc(N2C(=O)C(CC(C)C)N(C)C2c2ccc3ccccc3c2)cc1)C(=O)O. The van der Waals surface area contributed by atoms with Crippen molar-refractivity contribution in [3.63, 3.8) is 0 Å². The Kier molecular flexibility index (Phi) is 8.85. The van der Waals surface area contributed by atoms with Crippen molar-refractivity contribution in [3.8, 4) is 0 Å². The number of fused-ring (bicyclic) bond motifs is 1.